The Morgan fingerprint density at radius 2 is 1.62 bits per heavy atom. The van der Waals surface area contributed by atoms with Gasteiger partial charge in [-0.1, -0.05) is 6.07 Å². The maximum Gasteiger partial charge on any atom is 0.416 e. The predicted molar refractivity (Wildman–Crippen MR) is 121 cm³/mol. The smallest absolute Gasteiger partial charge is 0.416 e. The first-order valence-corrected chi connectivity index (χ1v) is 12.0. The minimum atomic E-state index is -4.65. The quantitative estimate of drug-likeness (QED) is 0.446. The molecule has 180 valence electrons. The first-order valence-electron chi connectivity index (χ1n) is 10.1. The summed E-state index contributed by atoms with van der Waals surface area (Å²) >= 11 is 0. The van der Waals surface area contributed by atoms with Gasteiger partial charge in [-0.3, -0.25) is 4.79 Å². The molecule has 0 aliphatic rings. The van der Waals surface area contributed by atoms with Gasteiger partial charge in [0.05, 0.1) is 22.8 Å². The van der Waals surface area contributed by atoms with Crippen LogP contribution in [0.3, 0.4) is 0 Å². The summed E-state index contributed by atoms with van der Waals surface area (Å²) in [6.07, 6.45) is -3.65. The number of benzene rings is 3. The van der Waals surface area contributed by atoms with E-state index in [1.165, 1.54) is 18.2 Å². The molecule has 3 rings (SSSR count). The van der Waals surface area contributed by atoms with E-state index >= 15 is 0 Å². The fraction of sp³-hybridized carbons (Fsp3) is 0.208. The third-order valence-electron chi connectivity index (χ3n) is 4.80. The Kier molecular flexibility index (Phi) is 7.21. The van der Waals surface area contributed by atoms with Crippen molar-refractivity contribution in [1.29, 1.82) is 0 Å². The van der Waals surface area contributed by atoms with Crippen molar-refractivity contribution in [3.05, 3.63) is 77.4 Å². The minimum absolute atomic E-state index is 0.00681. The number of amides is 1. The summed E-state index contributed by atoms with van der Waals surface area (Å²) in [6.45, 7) is 3.88. The molecule has 0 spiro atoms. The van der Waals surface area contributed by atoms with Gasteiger partial charge in [-0.2, -0.15) is 13.2 Å². The monoisotopic (exact) mass is 493 g/mol. The molecule has 3 aromatic carbocycles. The van der Waals surface area contributed by atoms with Crippen molar-refractivity contribution in [2.45, 2.75) is 24.9 Å². The highest BCUT2D eigenvalue weighted by molar-refractivity contribution is 7.90. The normalized spacial score (nSPS) is 11.7. The fourth-order valence-corrected chi connectivity index (χ4v) is 3.70. The highest BCUT2D eigenvalue weighted by Crippen LogP contribution is 2.37. The van der Waals surface area contributed by atoms with Crippen molar-refractivity contribution in [1.82, 2.24) is 0 Å². The summed E-state index contributed by atoms with van der Waals surface area (Å²) in [4.78, 5) is 12.9. The standard InChI is InChI=1S/C24H22F3NO5S/c1-4-32-17-7-9-18(10-8-17)33-22-12-6-16(24(25,26)27)13-21(22)28-23(29)20-14-19(34(3,30)31)11-5-15(20)2/h5-14H,4H2,1-3H3,(H,28,29). The van der Waals surface area contributed by atoms with Crippen LogP contribution in [-0.2, 0) is 16.0 Å². The van der Waals surface area contributed by atoms with Gasteiger partial charge in [-0.05, 0) is 74.0 Å². The summed E-state index contributed by atoms with van der Waals surface area (Å²) in [5.74, 6) is 0.104. The Morgan fingerprint density at radius 1 is 0.971 bits per heavy atom. The number of nitrogens with one attached hydrogen (secondary N) is 1. The van der Waals surface area contributed by atoms with Crippen LogP contribution in [-0.4, -0.2) is 27.2 Å². The average Bonchev–Trinajstić information content (AvgIpc) is 2.75. The molecule has 0 saturated carbocycles. The number of hydrogen-bond acceptors (Lipinski definition) is 5. The molecule has 0 radical (unpaired) electrons. The molecule has 3 aromatic rings. The molecule has 0 bridgehead atoms. The molecular weight excluding hydrogens is 471 g/mol. The van der Waals surface area contributed by atoms with E-state index in [0.29, 0.717) is 23.7 Å². The molecule has 0 aliphatic carbocycles. The Labute approximate surface area is 195 Å². The lowest BCUT2D eigenvalue weighted by Gasteiger charge is -2.16. The van der Waals surface area contributed by atoms with Gasteiger partial charge >= 0.3 is 6.18 Å². The Hall–Kier alpha value is -3.53. The van der Waals surface area contributed by atoms with Gasteiger partial charge < -0.3 is 14.8 Å². The largest absolute Gasteiger partial charge is 0.494 e. The second kappa shape index (κ2) is 9.76. The topological polar surface area (TPSA) is 81.7 Å². The SMILES string of the molecule is CCOc1ccc(Oc2ccc(C(F)(F)F)cc2NC(=O)c2cc(S(C)(=O)=O)ccc2C)cc1. The third kappa shape index (κ3) is 6.07. The second-order valence-corrected chi connectivity index (χ2v) is 9.43. The summed E-state index contributed by atoms with van der Waals surface area (Å²) in [5, 5.41) is 2.43. The second-order valence-electron chi connectivity index (χ2n) is 7.42. The van der Waals surface area contributed by atoms with E-state index in [0.717, 1.165) is 24.5 Å². The van der Waals surface area contributed by atoms with Crippen molar-refractivity contribution >= 4 is 21.4 Å². The van der Waals surface area contributed by atoms with Gasteiger partial charge in [0.15, 0.2) is 15.6 Å². The molecule has 0 fully saturated rings. The average molecular weight is 494 g/mol. The van der Waals surface area contributed by atoms with Crippen LogP contribution in [0.4, 0.5) is 18.9 Å². The van der Waals surface area contributed by atoms with E-state index in [9.17, 15) is 26.4 Å². The van der Waals surface area contributed by atoms with Gasteiger partial charge in [0.25, 0.3) is 5.91 Å². The zero-order chi connectivity index (χ0) is 25.1. The van der Waals surface area contributed by atoms with Crippen molar-refractivity contribution in [2.24, 2.45) is 0 Å². The maximum absolute atomic E-state index is 13.3. The molecule has 0 unspecified atom stereocenters. The van der Waals surface area contributed by atoms with Crippen LogP contribution in [0.5, 0.6) is 17.2 Å². The minimum Gasteiger partial charge on any atom is -0.494 e. The number of alkyl halides is 3. The third-order valence-corrected chi connectivity index (χ3v) is 5.91. The van der Waals surface area contributed by atoms with E-state index in [-0.39, 0.29) is 21.9 Å². The molecule has 0 atom stereocenters. The first-order chi connectivity index (χ1) is 15.9. The van der Waals surface area contributed by atoms with Crippen LogP contribution in [0.25, 0.3) is 0 Å². The molecule has 34 heavy (non-hydrogen) atoms. The van der Waals surface area contributed by atoms with Gasteiger partial charge in [-0.25, -0.2) is 8.42 Å². The van der Waals surface area contributed by atoms with Crippen LogP contribution in [0, 0.1) is 6.92 Å². The number of ether oxygens (including phenoxy) is 2. The van der Waals surface area contributed by atoms with E-state index in [2.05, 4.69) is 5.32 Å². The predicted octanol–water partition coefficient (Wildman–Crippen LogP) is 5.86. The maximum atomic E-state index is 13.3. The van der Waals surface area contributed by atoms with Gasteiger partial charge in [-0.15, -0.1) is 0 Å². The Morgan fingerprint density at radius 3 is 2.21 bits per heavy atom. The Balaban J connectivity index is 1.98. The molecule has 0 aliphatic heterocycles. The highest BCUT2D eigenvalue weighted by atomic mass is 32.2. The van der Waals surface area contributed by atoms with Crippen LogP contribution >= 0.6 is 0 Å². The summed E-state index contributed by atoms with van der Waals surface area (Å²) in [6, 6.07) is 13.1. The number of halogens is 3. The zero-order valence-corrected chi connectivity index (χ0v) is 19.4. The van der Waals surface area contributed by atoms with Crippen LogP contribution < -0.4 is 14.8 Å². The van der Waals surface area contributed by atoms with E-state index in [1.807, 2.05) is 6.92 Å². The number of aryl methyl sites for hydroxylation is 1. The summed E-state index contributed by atoms with van der Waals surface area (Å²) in [5.41, 5.74) is -0.750. The van der Waals surface area contributed by atoms with Crippen molar-refractivity contribution in [3.8, 4) is 17.2 Å². The van der Waals surface area contributed by atoms with Crippen molar-refractivity contribution in [3.63, 3.8) is 0 Å². The lowest BCUT2D eigenvalue weighted by atomic mass is 10.1. The summed E-state index contributed by atoms with van der Waals surface area (Å²) < 4.78 is 74.8. The summed E-state index contributed by atoms with van der Waals surface area (Å²) in [7, 11) is -3.59. The number of anilines is 1. The van der Waals surface area contributed by atoms with Crippen molar-refractivity contribution in [2.75, 3.05) is 18.2 Å². The number of hydrogen-bond donors (Lipinski definition) is 1. The molecule has 6 nitrogen and oxygen atoms in total. The number of rotatable bonds is 7. The van der Waals surface area contributed by atoms with Crippen molar-refractivity contribution < 1.29 is 35.9 Å². The molecular formula is C24H22F3NO5S. The lowest BCUT2D eigenvalue weighted by molar-refractivity contribution is -0.137. The molecule has 0 heterocycles. The Bertz CT molecular complexity index is 1300. The van der Waals surface area contributed by atoms with Gasteiger partial charge in [0, 0.05) is 11.8 Å². The zero-order valence-electron chi connectivity index (χ0n) is 18.6. The highest BCUT2D eigenvalue weighted by Gasteiger charge is 2.31. The van der Waals surface area contributed by atoms with E-state index < -0.39 is 27.5 Å². The van der Waals surface area contributed by atoms with Crippen LogP contribution in [0.15, 0.2) is 65.6 Å². The van der Waals surface area contributed by atoms with E-state index in [1.54, 1.807) is 31.2 Å². The molecule has 1 amide bonds. The first kappa shape index (κ1) is 25.1. The molecule has 10 heteroatoms. The van der Waals surface area contributed by atoms with Gasteiger partial charge in [0.2, 0.25) is 0 Å². The van der Waals surface area contributed by atoms with Crippen LogP contribution in [0.1, 0.15) is 28.4 Å². The number of sulfone groups is 1. The number of carbonyl (C=O) groups is 1. The number of carbonyl (C=O) groups excluding carboxylic acids is 1. The molecule has 1 N–H and O–H groups in total. The van der Waals surface area contributed by atoms with Crippen LogP contribution in [0.2, 0.25) is 0 Å². The molecule has 0 aromatic heterocycles. The fourth-order valence-electron chi connectivity index (χ4n) is 3.06. The van der Waals surface area contributed by atoms with Gasteiger partial charge in [0.1, 0.15) is 11.5 Å². The van der Waals surface area contributed by atoms with E-state index in [4.69, 9.17) is 9.47 Å². The molecule has 0 saturated heterocycles. The lowest BCUT2D eigenvalue weighted by Crippen LogP contribution is -2.16.